The minimum absolute atomic E-state index is 0.0335. The number of amides is 2. The zero-order valence-corrected chi connectivity index (χ0v) is 22.5. The first-order valence-electron chi connectivity index (χ1n) is 13.7. The second-order valence-electron chi connectivity index (χ2n) is 11.1. The summed E-state index contributed by atoms with van der Waals surface area (Å²) >= 11 is 0. The van der Waals surface area contributed by atoms with Gasteiger partial charge in [0.15, 0.2) is 0 Å². The highest BCUT2D eigenvalue weighted by Gasteiger charge is 2.41. The highest BCUT2D eigenvalue weighted by atomic mass is 16.2. The van der Waals surface area contributed by atoms with Gasteiger partial charge in [0.2, 0.25) is 11.8 Å². The highest BCUT2D eigenvalue weighted by Crippen LogP contribution is 2.38. The Balaban J connectivity index is 1.18. The number of rotatable bonds is 6. The summed E-state index contributed by atoms with van der Waals surface area (Å²) in [5, 5.41) is 1.22. The topological polar surface area (TPSA) is 48.8 Å². The van der Waals surface area contributed by atoms with Crippen LogP contribution >= 0.6 is 0 Å². The molecule has 0 N–H and O–H groups in total. The van der Waals surface area contributed by atoms with Gasteiger partial charge in [-0.3, -0.25) is 14.5 Å². The highest BCUT2D eigenvalue weighted by molar-refractivity contribution is 5.85. The average Bonchev–Trinajstić information content (AvgIpc) is 3.27. The van der Waals surface area contributed by atoms with Crippen molar-refractivity contribution in [3.63, 3.8) is 0 Å². The van der Waals surface area contributed by atoms with Gasteiger partial charge in [-0.05, 0) is 63.4 Å². The van der Waals surface area contributed by atoms with E-state index in [9.17, 15) is 9.59 Å². The molecule has 3 heterocycles. The number of aromatic nitrogens is 1. The van der Waals surface area contributed by atoms with Crippen molar-refractivity contribution in [2.24, 2.45) is 13.0 Å². The number of nitrogens with zero attached hydrogens (tertiary/aromatic N) is 4. The molecular formula is C31H40N4O2. The molecule has 2 saturated heterocycles. The number of hydrogen-bond acceptors (Lipinski definition) is 3. The number of piperidine rings is 2. The van der Waals surface area contributed by atoms with Gasteiger partial charge in [0, 0.05) is 62.3 Å². The van der Waals surface area contributed by atoms with E-state index >= 15 is 0 Å². The van der Waals surface area contributed by atoms with E-state index in [1.54, 1.807) is 0 Å². The van der Waals surface area contributed by atoms with E-state index < -0.39 is 0 Å². The van der Waals surface area contributed by atoms with Gasteiger partial charge in [0.25, 0.3) is 0 Å². The molecule has 2 aromatic carbocycles. The van der Waals surface area contributed by atoms with Crippen LogP contribution in [-0.4, -0.2) is 71.4 Å². The number of aryl methyl sites for hydroxylation is 2. The van der Waals surface area contributed by atoms with Gasteiger partial charge in [-0.1, -0.05) is 48.5 Å². The van der Waals surface area contributed by atoms with Crippen LogP contribution in [0.5, 0.6) is 0 Å². The molecule has 3 aromatic rings. The maximum atomic E-state index is 13.5. The van der Waals surface area contributed by atoms with Crippen molar-refractivity contribution in [1.29, 1.82) is 0 Å². The predicted octanol–water partition coefficient (Wildman–Crippen LogP) is 4.43. The molecular weight excluding hydrogens is 460 g/mol. The Morgan fingerprint density at radius 2 is 1.65 bits per heavy atom. The quantitative estimate of drug-likeness (QED) is 0.503. The molecule has 2 fully saturated rings. The van der Waals surface area contributed by atoms with Crippen LogP contribution in [0, 0.1) is 5.92 Å². The van der Waals surface area contributed by atoms with Gasteiger partial charge in [0.1, 0.15) is 0 Å². The normalized spacial score (nSPS) is 19.9. The van der Waals surface area contributed by atoms with Crippen molar-refractivity contribution in [1.82, 2.24) is 19.3 Å². The van der Waals surface area contributed by atoms with Crippen molar-refractivity contribution in [2.75, 3.05) is 40.3 Å². The summed E-state index contributed by atoms with van der Waals surface area (Å²) in [7, 11) is 6.35. The molecule has 2 aliphatic rings. The Labute approximate surface area is 220 Å². The largest absolute Gasteiger partial charge is 0.350 e. The third-order valence-corrected chi connectivity index (χ3v) is 8.78. The Bertz CT molecular complexity index is 1240. The minimum atomic E-state index is -0.0844. The molecule has 0 spiro atoms. The molecule has 0 aliphatic carbocycles. The molecule has 1 atom stereocenters. The maximum Gasteiger partial charge on any atom is 0.227 e. The molecule has 2 amide bonds. The summed E-state index contributed by atoms with van der Waals surface area (Å²) in [5.74, 6) is 0.311. The monoisotopic (exact) mass is 500 g/mol. The van der Waals surface area contributed by atoms with Crippen molar-refractivity contribution in [3.05, 3.63) is 71.9 Å². The lowest BCUT2D eigenvalue weighted by Crippen LogP contribution is -2.54. The summed E-state index contributed by atoms with van der Waals surface area (Å²) in [6.45, 7) is 2.84. The summed E-state index contributed by atoms with van der Waals surface area (Å²) in [5.41, 5.74) is 3.70. The number of carbonyl (C=O) groups excluding carboxylic acids is 2. The van der Waals surface area contributed by atoms with Crippen LogP contribution < -0.4 is 0 Å². The summed E-state index contributed by atoms with van der Waals surface area (Å²) in [6, 6.07) is 19.0. The molecule has 0 bridgehead atoms. The van der Waals surface area contributed by atoms with Gasteiger partial charge in [-0.25, -0.2) is 0 Å². The number of carbonyl (C=O) groups is 2. The number of fused-ring (bicyclic) bond motifs is 1. The SMILES string of the molecule is CN(C)C1(c2ccccc2)CCN(C(=O)C2CCCN(C(=O)CCc3cn(C)c4ccccc34)C2)CC1. The fraction of sp³-hybridized carbons (Fsp3) is 0.484. The summed E-state index contributed by atoms with van der Waals surface area (Å²) in [4.78, 5) is 33.0. The van der Waals surface area contributed by atoms with E-state index in [-0.39, 0.29) is 23.3 Å². The van der Waals surface area contributed by atoms with Crippen molar-refractivity contribution in [2.45, 2.75) is 44.1 Å². The Hall–Kier alpha value is -3.12. The van der Waals surface area contributed by atoms with Gasteiger partial charge < -0.3 is 14.4 Å². The molecule has 0 radical (unpaired) electrons. The summed E-state index contributed by atoms with van der Waals surface area (Å²) in [6.07, 6.45) is 6.98. The lowest BCUT2D eigenvalue weighted by molar-refractivity contribution is -0.142. The first-order valence-corrected chi connectivity index (χ1v) is 13.7. The van der Waals surface area contributed by atoms with E-state index in [2.05, 4.69) is 90.2 Å². The lowest BCUT2D eigenvalue weighted by Gasteiger charge is -2.47. The van der Waals surface area contributed by atoms with Crippen molar-refractivity contribution in [3.8, 4) is 0 Å². The molecule has 2 aliphatic heterocycles. The zero-order valence-electron chi connectivity index (χ0n) is 22.5. The van der Waals surface area contributed by atoms with Crippen molar-refractivity contribution >= 4 is 22.7 Å². The van der Waals surface area contributed by atoms with Crippen LogP contribution in [0.25, 0.3) is 10.9 Å². The fourth-order valence-electron chi connectivity index (χ4n) is 6.53. The first kappa shape index (κ1) is 25.5. The van der Waals surface area contributed by atoms with E-state index in [1.165, 1.54) is 22.0 Å². The molecule has 37 heavy (non-hydrogen) atoms. The minimum Gasteiger partial charge on any atom is -0.350 e. The maximum absolute atomic E-state index is 13.5. The van der Waals surface area contributed by atoms with Gasteiger partial charge in [-0.15, -0.1) is 0 Å². The van der Waals surface area contributed by atoms with E-state index in [4.69, 9.17) is 0 Å². The van der Waals surface area contributed by atoms with Crippen LogP contribution in [0.2, 0.25) is 0 Å². The second-order valence-corrected chi connectivity index (χ2v) is 11.1. The molecule has 1 aromatic heterocycles. The van der Waals surface area contributed by atoms with Gasteiger partial charge >= 0.3 is 0 Å². The van der Waals surface area contributed by atoms with Crippen molar-refractivity contribution < 1.29 is 9.59 Å². The third-order valence-electron chi connectivity index (χ3n) is 8.78. The number of likely N-dealkylation sites (tertiary alicyclic amines) is 2. The van der Waals surface area contributed by atoms with Crippen LogP contribution in [0.1, 0.15) is 43.2 Å². The van der Waals surface area contributed by atoms with Crippen LogP contribution in [0.4, 0.5) is 0 Å². The Kier molecular flexibility index (Phi) is 7.38. The van der Waals surface area contributed by atoms with Gasteiger partial charge in [0.05, 0.1) is 5.92 Å². The van der Waals surface area contributed by atoms with E-state index in [0.717, 1.165) is 51.7 Å². The van der Waals surface area contributed by atoms with E-state index in [0.29, 0.717) is 13.0 Å². The molecule has 1 unspecified atom stereocenters. The molecule has 5 rings (SSSR count). The van der Waals surface area contributed by atoms with Crippen LogP contribution in [-0.2, 0) is 28.6 Å². The first-order chi connectivity index (χ1) is 17.9. The smallest absolute Gasteiger partial charge is 0.227 e. The predicted molar refractivity (Wildman–Crippen MR) is 148 cm³/mol. The average molecular weight is 501 g/mol. The van der Waals surface area contributed by atoms with E-state index in [1.807, 2.05) is 11.0 Å². The standard InChI is InChI=1S/C31H40N4O2/c1-32(2)31(26-11-5-4-6-12-26)17-20-34(21-18-31)30(37)25-10-9-19-35(23-25)29(36)16-15-24-22-33(3)28-14-8-7-13-27(24)28/h4-8,11-14,22,25H,9-10,15-21,23H2,1-3H3. The van der Waals surface area contributed by atoms with Crippen LogP contribution in [0.15, 0.2) is 60.8 Å². The second kappa shape index (κ2) is 10.7. The number of hydrogen-bond donors (Lipinski definition) is 0. The molecule has 196 valence electrons. The number of para-hydroxylation sites is 1. The fourth-order valence-corrected chi connectivity index (χ4v) is 6.53. The zero-order chi connectivity index (χ0) is 26.0. The lowest BCUT2D eigenvalue weighted by atomic mass is 9.79. The molecule has 6 heteroatoms. The Morgan fingerprint density at radius 1 is 0.946 bits per heavy atom. The third kappa shape index (κ3) is 5.04. The number of benzene rings is 2. The Morgan fingerprint density at radius 3 is 2.38 bits per heavy atom. The van der Waals surface area contributed by atoms with Gasteiger partial charge in [-0.2, -0.15) is 0 Å². The molecule has 0 saturated carbocycles. The van der Waals surface area contributed by atoms with Crippen LogP contribution in [0.3, 0.4) is 0 Å². The summed E-state index contributed by atoms with van der Waals surface area (Å²) < 4.78 is 2.13. The molecule has 6 nitrogen and oxygen atoms in total.